The van der Waals surface area contributed by atoms with Gasteiger partial charge >= 0.3 is 5.97 Å². The summed E-state index contributed by atoms with van der Waals surface area (Å²) < 4.78 is 8.45. The number of ether oxygens (including phenoxy) is 1. The number of para-hydroxylation sites is 1. The molecule has 0 saturated heterocycles. The van der Waals surface area contributed by atoms with Gasteiger partial charge in [0.25, 0.3) is 5.56 Å². The average Bonchev–Trinajstić information content (AvgIpc) is 3.51. The minimum atomic E-state index is -0.642. The van der Waals surface area contributed by atoms with Crippen molar-refractivity contribution in [1.29, 1.82) is 0 Å². The third-order valence-electron chi connectivity index (χ3n) is 6.45. The maximum Gasteiger partial charge on any atom is 0.337 e. The number of hydrogen-bond acceptors (Lipinski definition) is 7. The number of rotatable bonds is 4. The number of fused-ring (bicyclic) bond motifs is 2. The minimum Gasteiger partial charge on any atom is -0.466 e. The summed E-state index contributed by atoms with van der Waals surface area (Å²) in [6, 6.07) is 22.1. The molecule has 0 saturated carbocycles. The summed E-state index contributed by atoms with van der Waals surface area (Å²) in [5, 5.41) is 1.76. The zero-order valence-corrected chi connectivity index (χ0v) is 23.5. The molecule has 1 aliphatic heterocycles. The lowest BCUT2D eigenvalue weighted by Gasteiger charge is -2.27. The summed E-state index contributed by atoms with van der Waals surface area (Å²) in [5.74, 6) is -0.987. The Labute approximate surface area is 240 Å². The molecule has 6 nitrogen and oxygen atoms in total. The van der Waals surface area contributed by atoms with Crippen LogP contribution in [0.5, 0.6) is 0 Å². The van der Waals surface area contributed by atoms with Gasteiger partial charge in [0, 0.05) is 15.6 Å². The van der Waals surface area contributed by atoms with Gasteiger partial charge < -0.3 is 10.5 Å². The third-order valence-corrected chi connectivity index (χ3v) is 9.13. The summed E-state index contributed by atoms with van der Waals surface area (Å²) in [4.78, 5) is 32.1. The van der Waals surface area contributed by atoms with Gasteiger partial charge in [0.15, 0.2) is 0 Å². The molecule has 0 amide bonds. The number of hydrogen-bond donors (Lipinski definition) is 1. The van der Waals surface area contributed by atoms with Gasteiger partial charge in [-0.15, -0.1) is 22.7 Å². The van der Waals surface area contributed by atoms with Crippen molar-refractivity contribution in [2.45, 2.75) is 5.92 Å². The quantitative estimate of drug-likeness (QED) is 0.295. The van der Waals surface area contributed by atoms with Crippen LogP contribution in [-0.2, 0) is 9.53 Å². The van der Waals surface area contributed by atoms with Crippen LogP contribution in [0, 0.1) is 0 Å². The monoisotopic (exact) mass is 591 g/mol. The topological polar surface area (TPSA) is 87.2 Å². The molecule has 2 N–H and O–H groups in total. The Morgan fingerprint density at radius 2 is 1.67 bits per heavy atom. The van der Waals surface area contributed by atoms with Crippen LogP contribution in [0.2, 0.25) is 10.0 Å². The van der Waals surface area contributed by atoms with Gasteiger partial charge in [0.2, 0.25) is 0 Å². The van der Waals surface area contributed by atoms with Crippen LogP contribution in [0.15, 0.2) is 77.6 Å². The van der Waals surface area contributed by atoms with E-state index in [9.17, 15) is 9.59 Å². The SMILES string of the molecule is COC(=O)C1=c2s/c(=C\c3ccc(Cl)cc3)c(=O)n2C(N)=C(c2nc3ccccc3s2)[C@@H]1c1ccc(Cl)cc1. The van der Waals surface area contributed by atoms with Gasteiger partial charge in [0.05, 0.1) is 33.3 Å². The fourth-order valence-corrected chi connectivity index (χ4v) is 7.12. The molecule has 0 fully saturated rings. The van der Waals surface area contributed by atoms with Crippen molar-refractivity contribution in [3.63, 3.8) is 0 Å². The predicted octanol–water partition coefficient (Wildman–Crippen LogP) is 5.06. The van der Waals surface area contributed by atoms with E-state index in [4.69, 9.17) is 38.7 Å². The van der Waals surface area contributed by atoms with Crippen molar-refractivity contribution in [2.75, 3.05) is 7.11 Å². The van der Waals surface area contributed by atoms with E-state index in [1.54, 1.807) is 30.3 Å². The molecule has 0 radical (unpaired) electrons. The number of halogens is 2. The van der Waals surface area contributed by atoms with Crippen LogP contribution >= 0.6 is 45.9 Å². The first kappa shape index (κ1) is 25.6. The molecule has 3 aromatic carbocycles. The number of nitrogens with zero attached hydrogens (tertiary/aromatic N) is 2. The minimum absolute atomic E-state index is 0.216. The summed E-state index contributed by atoms with van der Waals surface area (Å²) in [7, 11) is 1.32. The van der Waals surface area contributed by atoms with E-state index >= 15 is 0 Å². The van der Waals surface area contributed by atoms with Crippen molar-refractivity contribution in [3.8, 4) is 0 Å². The fraction of sp³-hybridized carbons (Fsp3) is 0.0690. The lowest BCUT2D eigenvalue weighted by molar-refractivity contribution is -0.134. The molecule has 0 unspecified atom stereocenters. The largest absolute Gasteiger partial charge is 0.466 e. The number of esters is 1. The van der Waals surface area contributed by atoms with E-state index < -0.39 is 11.9 Å². The Morgan fingerprint density at radius 1 is 1.00 bits per heavy atom. The van der Waals surface area contributed by atoms with Crippen molar-refractivity contribution in [3.05, 3.63) is 119 Å². The molecule has 6 rings (SSSR count). The zero-order valence-electron chi connectivity index (χ0n) is 20.4. The van der Waals surface area contributed by atoms with E-state index in [-0.39, 0.29) is 11.4 Å². The maximum atomic E-state index is 13.8. The second-order valence-corrected chi connectivity index (χ2v) is 11.7. The number of carbonyl (C=O) groups excluding carboxylic acids is 1. The standard InChI is InChI=1S/C29H19Cl2N3O3S2/c1-37-29(36)24-22(16-8-12-18(31)13-9-16)23(26-33-19-4-2-3-5-20(19)38-26)25(32)34-27(35)21(39-28(24)34)14-15-6-10-17(30)11-7-15/h2-14,22H,32H2,1H3/b21-14-/t22-/m0/s1. The second-order valence-electron chi connectivity index (χ2n) is 8.78. The van der Waals surface area contributed by atoms with Gasteiger partial charge in [-0.3, -0.25) is 9.36 Å². The molecule has 5 aromatic rings. The average molecular weight is 593 g/mol. The third kappa shape index (κ3) is 4.49. The second kappa shape index (κ2) is 10.1. The summed E-state index contributed by atoms with van der Waals surface area (Å²) in [6.45, 7) is 0. The summed E-state index contributed by atoms with van der Waals surface area (Å²) >= 11 is 14.9. The lowest BCUT2D eigenvalue weighted by Crippen LogP contribution is -2.39. The maximum absolute atomic E-state index is 13.8. The van der Waals surface area contributed by atoms with Crippen molar-refractivity contribution < 1.29 is 9.53 Å². The molecule has 2 aromatic heterocycles. The van der Waals surface area contributed by atoms with Crippen LogP contribution in [0.1, 0.15) is 22.1 Å². The number of nitrogens with two attached hydrogens (primary N) is 1. The molecule has 0 bridgehead atoms. The zero-order chi connectivity index (χ0) is 27.3. The van der Waals surface area contributed by atoms with Crippen LogP contribution in [0.3, 0.4) is 0 Å². The highest BCUT2D eigenvalue weighted by Crippen LogP contribution is 2.44. The van der Waals surface area contributed by atoms with Crippen molar-refractivity contribution >= 4 is 85.1 Å². The van der Waals surface area contributed by atoms with E-state index in [0.29, 0.717) is 35.4 Å². The predicted molar refractivity (Wildman–Crippen MR) is 159 cm³/mol. The molecule has 0 aliphatic carbocycles. The molecule has 1 atom stereocenters. The number of allylic oxidation sites excluding steroid dienone is 1. The molecular formula is C29H19Cl2N3O3S2. The van der Waals surface area contributed by atoms with E-state index in [0.717, 1.165) is 21.3 Å². The van der Waals surface area contributed by atoms with Gasteiger partial charge in [-0.25, -0.2) is 9.78 Å². The first-order valence-electron chi connectivity index (χ1n) is 11.8. The number of benzene rings is 3. The Balaban J connectivity index is 1.71. The van der Waals surface area contributed by atoms with Crippen molar-refractivity contribution in [2.24, 2.45) is 5.73 Å². The molecule has 194 valence electrons. The first-order chi connectivity index (χ1) is 18.9. The van der Waals surface area contributed by atoms with E-state index in [2.05, 4.69) is 0 Å². The number of thiazole rings is 2. The Hall–Kier alpha value is -3.69. The van der Waals surface area contributed by atoms with Gasteiger partial charge in [-0.05, 0) is 53.6 Å². The Bertz CT molecular complexity index is 1940. The first-order valence-corrected chi connectivity index (χ1v) is 14.2. The number of methoxy groups -OCH3 is 1. The number of carbonyl (C=O) groups is 1. The van der Waals surface area contributed by atoms with E-state index in [1.807, 2.05) is 48.5 Å². The highest BCUT2D eigenvalue weighted by atomic mass is 35.5. The van der Waals surface area contributed by atoms with Crippen LogP contribution in [-0.4, -0.2) is 22.6 Å². The van der Waals surface area contributed by atoms with Crippen LogP contribution in [0.4, 0.5) is 0 Å². The van der Waals surface area contributed by atoms with Gasteiger partial charge in [-0.2, -0.15) is 0 Å². The van der Waals surface area contributed by atoms with Crippen molar-refractivity contribution in [1.82, 2.24) is 9.55 Å². The fourth-order valence-electron chi connectivity index (χ4n) is 4.65. The smallest absolute Gasteiger partial charge is 0.337 e. The lowest BCUT2D eigenvalue weighted by atomic mass is 9.83. The van der Waals surface area contributed by atoms with E-state index in [1.165, 1.54) is 34.4 Å². The molecular weight excluding hydrogens is 573 g/mol. The van der Waals surface area contributed by atoms with Gasteiger partial charge in [-0.1, -0.05) is 59.6 Å². The molecule has 39 heavy (non-hydrogen) atoms. The molecule has 0 spiro atoms. The molecule has 3 heterocycles. The highest BCUT2D eigenvalue weighted by Gasteiger charge is 2.38. The normalized spacial score (nSPS) is 15.6. The van der Waals surface area contributed by atoms with Crippen LogP contribution in [0.25, 0.3) is 33.3 Å². The molecule has 1 aliphatic rings. The summed E-state index contributed by atoms with van der Waals surface area (Å²) in [6.07, 6.45) is 1.76. The van der Waals surface area contributed by atoms with Gasteiger partial charge in [0.1, 0.15) is 15.5 Å². The Kier molecular flexibility index (Phi) is 6.64. The highest BCUT2D eigenvalue weighted by molar-refractivity contribution is 7.19. The Morgan fingerprint density at radius 3 is 2.33 bits per heavy atom. The summed E-state index contributed by atoms with van der Waals surface area (Å²) in [5.41, 5.74) is 9.72. The van der Waals surface area contributed by atoms with Crippen LogP contribution < -0.4 is 20.5 Å². The molecule has 10 heteroatoms. The number of aromatic nitrogens is 2.